The van der Waals surface area contributed by atoms with Gasteiger partial charge < -0.3 is 13.9 Å². The second-order valence-corrected chi connectivity index (χ2v) is 7.40. The monoisotopic (exact) mass is 455 g/mol. The number of rotatable bonds is 8. The van der Waals surface area contributed by atoms with Crippen molar-refractivity contribution in [2.24, 2.45) is 0 Å². The van der Waals surface area contributed by atoms with E-state index in [1.54, 1.807) is 44.6 Å². The lowest BCUT2D eigenvalue weighted by Gasteiger charge is -2.23. The maximum Gasteiger partial charge on any atom is 0.314 e. The molecule has 0 N–H and O–H groups in total. The largest absolute Gasteiger partial charge is 0.415 e. The number of anilines is 1. The lowest BCUT2D eigenvalue weighted by atomic mass is 10.1. The summed E-state index contributed by atoms with van der Waals surface area (Å²) in [5.41, 5.74) is 0.894. The van der Waals surface area contributed by atoms with Crippen molar-refractivity contribution in [1.82, 2.24) is 10.2 Å². The van der Waals surface area contributed by atoms with Gasteiger partial charge in [0.2, 0.25) is 5.89 Å². The highest BCUT2D eigenvalue weighted by Crippen LogP contribution is 2.26. The van der Waals surface area contributed by atoms with E-state index < -0.39 is 29.1 Å². The van der Waals surface area contributed by atoms with Crippen LogP contribution in [-0.2, 0) is 27.1 Å². The second kappa shape index (κ2) is 12.0. The van der Waals surface area contributed by atoms with Gasteiger partial charge in [0, 0.05) is 31.0 Å². The number of hydrogen-bond acceptors (Lipinski definition) is 6. The van der Waals surface area contributed by atoms with Crippen LogP contribution in [0.5, 0.6) is 0 Å². The molecular formula is C20H20F3N3O4S. The molecule has 31 heavy (non-hydrogen) atoms. The Balaban J connectivity index is 0.00000107. The quantitative estimate of drug-likeness (QED) is 0.478. The molecule has 0 aliphatic carbocycles. The van der Waals surface area contributed by atoms with Crippen LogP contribution in [0, 0.1) is 5.82 Å². The van der Waals surface area contributed by atoms with Crippen molar-refractivity contribution in [2.45, 2.75) is 13.0 Å². The van der Waals surface area contributed by atoms with Gasteiger partial charge in [-0.3, -0.25) is 4.31 Å². The minimum absolute atomic E-state index is 0.0668. The van der Waals surface area contributed by atoms with E-state index in [-0.39, 0.29) is 29.3 Å². The molecule has 0 saturated heterocycles. The summed E-state index contributed by atoms with van der Waals surface area (Å²) < 4.78 is 62.5. The maximum absolute atomic E-state index is 14.6. The van der Waals surface area contributed by atoms with Crippen molar-refractivity contribution in [2.75, 3.05) is 24.3 Å². The summed E-state index contributed by atoms with van der Waals surface area (Å²) >= 11 is 0. The Bertz CT molecular complexity index is 1000. The number of aldehydes is 1. The molecule has 3 rings (SSSR count). The van der Waals surface area contributed by atoms with Crippen LogP contribution >= 0.6 is 0 Å². The van der Waals surface area contributed by atoms with Crippen LogP contribution in [0.25, 0.3) is 11.5 Å². The molecule has 0 spiro atoms. The second-order valence-electron chi connectivity index (χ2n) is 5.99. The zero-order valence-electron chi connectivity index (χ0n) is 16.7. The van der Waals surface area contributed by atoms with E-state index in [1.165, 1.54) is 16.4 Å². The van der Waals surface area contributed by atoms with Gasteiger partial charge in [0.25, 0.3) is 5.89 Å². The van der Waals surface area contributed by atoms with Gasteiger partial charge in [-0.2, -0.15) is 8.78 Å². The van der Waals surface area contributed by atoms with Crippen LogP contribution in [0.15, 0.2) is 52.9 Å². The number of para-hydroxylation sites is 1. The first-order valence-corrected chi connectivity index (χ1v) is 10.1. The van der Waals surface area contributed by atoms with Gasteiger partial charge in [-0.05, 0) is 24.3 Å². The third-order valence-electron chi connectivity index (χ3n) is 3.74. The van der Waals surface area contributed by atoms with Crippen molar-refractivity contribution in [3.05, 3.63) is 65.8 Å². The SMILES string of the molecule is COC.O=CCS(=O)N(Cc1ccc(-c2nnc(C(F)F)o2)cc1F)c1ccccc1. The smallest absolute Gasteiger partial charge is 0.314 e. The Kier molecular flexibility index (Phi) is 9.35. The average molecular weight is 455 g/mol. The van der Waals surface area contributed by atoms with Gasteiger partial charge >= 0.3 is 6.43 Å². The summed E-state index contributed by atoms with van der Waals surface area (Å²) in [6.07, 6.45) is -2.39. The van der Waals surface area contributed by atoms with Crippen molar-refractivity contribution >= 4 is 23.0 Å². The van der Waals surface area contributed by atoms with Crippen LogP contribution in [0.4, 0.5) is 18.9 Å². The van der Waals surface area contributed by atoms with E-state index in [4.69, 9.17) is 4.42 Å². The Morgan fingerprint density at radius 3 is 2.39 bits per heavy atom. The molecule has 0 bridgehead atoms. The zero-order valence-corrected chi connectivity index (χ0v) is 17.5. The fourth-order valence-electron chi connectivity index (χ4n) is 2.43. The average Bonchev–Trinajstić information content (AvgIpc) is 3.25. The number of benzene rings is 2. The highest BCUT2D eigenvalue weighted by Gasteiger charge is 2.20. The van der Waals surface area contributed by atoms with Crippen LogP contribution in [-0.4, -0.2) is 40.7 Å². The van der Waals surface area contributed by atoms with Crippen LogP contribution in [0.3, 0.4) is 0 Å². The topological polar surface area (TPSA) is 85.5 Å². The third-order valence-corrected chi connectivity index (χ3v) is 4.99. The number of aromatic nitrogens is 2. The predicted molar refractivity (Wildman–Crippen MR) is 109 cm³/mol. The molecule has 7 nitrogen and oxygen atoms in total. The standard InChI is InChI=1S/C18H14F3N3O3S.C2H6O/c19-15-10-12(17-22-23-18(27-17)16(20)21)6-7-13(15)11-24(28(26)9-8-25)14-4-2-1-3-5-14;1-3-2/h1-8,10,16H,9,11H2;1-2H3. The number of methoxy groups -OCH3 is 1. The van der Waals surface area contributed by atoms with E-state index in [0.29, 0.717) is 12.0 Å². The molecule has 1 unspecified atom stereocenters. The normalized spacial score (nSPS) is 11.5. The van der Waals surface area contributed by atoms with Gasteiger partial charge in [-0.15, -0.1) is 10.2 Å². The molecule has 0 aliphatic rings. The number of alkyl halides is 2. The first-order valence-electron chi connectivity index (χ1n) is 8.86. The molecule has 3 aromatic rings. The van der Waals surface area contributed by atoms with E-state index >= 15 is 0 Å². The summed E-state index contributed by atoms with van der Waals surface area (Å²) in [5.74, 6) is -1.98. The Labute approximate surface area is 179 Å². The van der Waals surface area contributed by atoms with Crippen LogP contribution < -0.4 is 4.31 Å². The number of carbonyl (C=O) groups excluding carboxylic acids is 1. The summed E-state index contributed by atoms with van der Waals surface area (Å²) in [6.45, 7) is -0.0668. The number of halogens is 3. The van der Waals surface area contributed by atoms with Crippen LogP contribution in [0.1, 0.15) is 17.9 Å². The molecule has 1 aromatic heterocycles. The summed E-state index contributed by atoms with van der Waals surface area (Å²) in [5, 5.41) is 6.68. The fourth-order valence-corrected chi connectivity index (χ4v) is 3.36. The summed E-state index contributed by atoms with van der Waals surface area (Å²) in [4.78, 5) is 10.8. The molecule has 1 atom stereocenters. The van der Waals surface area contributed by atoms with Gasteiger partial charge in [-0.1, -0.05) is 24.3 Å². The molecule has 0 aliphatic heterocycles. The van der Waals surface area contributed by atoms with Crippen molar-refractivity contribution in [1.29, 1.82) is 0 Å². The van der Waals surface area contributed by atoms with E-state index in [2.05, 4.69) is 14.9 Å². The molecule has 0 fully saturated rings. The van der Waals surface area contributed by atoms with Gasteiger partial charge in [0.15, 0.2) is 0 Å². The number of carbonyl (C=O) groups is 1. The minimum atomic E-state index is -2.92. The molecule has 0 saturated carbocycles. The molecular weight excluding hydrogens is 435 g/mol. The number of hydrogen-bond donors (Lipinski definition) is 0. The first-order chi connectivity index (χ1) is 14.9. The summed E-state index contributed by atoms with van der Waals surface area (Å²) in [6, 6.07) is 12.5. The maximum atomic E-state index is 14.6. The van der Waals surface area contributed by atoms with Crippen molar-refractivity contribution in [3.63, 3.8) is 0 Å². The Morgan fingerprint density at radius 1 is 1.16 bits per heavy atom. The molecule has 2 aromatic carbocycles. The molecule has 166 valence electrons. The fraction of sp³-hybridized carbons (Fsp3) is 0.250. The first kappa shape index (κ1) is 24.2. The number of ether oxygens (including phenoxy) is 1. The molecule has 0 amide bonds. The Morgan fingerprint density at radius 2 is 1.84 bits per heavy atom. The highest BCUT2D eigenvalue weighted by molar-refractivity contribution is 7.87. The van der Waals surface area contributed by atoms with Crippen LogP contribution in [0.2, 0.25) is 0 Å². The summed E-state index contributed by atoms with van der Waals surface area (Å²) in [7, 11) is 1.56. The van der Waals surface area contributed by atoms with Crippen molar-refractivity contribution in [3.8, 4) is 11.5 Å². The van der Waals surface area contributed by atoms with Gasteiger partial charge in [0.1, 0.15) is 23.1 Å². The van der Waals surface area contributed by atoms with E-state index in [9.17, 15) is 22.2 Å². The lowest BCUT2D eigenvalue weighted by Crippen LogP contribution is -2.28. The van der Waals surface area contributed by atoms with Crippen molar-refractivity contribution < 1.29 is 31.3 Å². The molecule has 11 heteroatoms. The van der Waals surface area contributed by atoms with Gasteiger partial charge in [0.05, 0.1) is 12.3 Å². The lowest BCUT2D eigenvalue weighted by molar-refractivity contribution is -0.105. The minimum Gasteiger partial charge on any atom is -0.415 e. The number of nitrogens with zero attached hydrogens (tertiary/aromatic N) is 3. The van der Waals surface area contributed by atoms with E-state index in [0.717, 1.165) is 6.07 Å². The highest BCUT2D eigenvalue weighted by atomic mass is 32.2. The Hall–Kier alpha value is -3.05. The predicted octanol–water partition coefficient (Wildman–Crippen LogP) is 3.95. The molecule has 1 heterocycles. The van der Waals surface area contributed by atoms with E-state index in [1.807, 2.05) is 0 Å². The zero-order chi connectivity index (χ0) is 22.8. The van der Waals surface area contributed by atoms with Gasteiger partial charge in [-0.25, -0.2) is 8.60 Å². The molecule has 0 radical (unpaired) electrons. The third kappa shape index (κ3) is 6.72.